The maximum absolute atomic E-state index is 12.5. The van der Waals surface area contributed by atoms with Crippen molar-refractivity contribution in [2.75, 3.05) is 18.4 Å². The number of amides is 1. The van der Waals surface area contributed by atoms with Crippen LogP contribution in [0.15, 0.2) is 34.9 Å². The van der Waals surface area contributed by atoms with Gasteiger partial charge in [-0.3, -0.25) is 4.79 Å². The van der Waals surface area contributed by atoms with Crippen LogP contribution in [0.25, 0.3) is 11.0 Å². The first-order valence-electron chi connectivity index (χ1n) is 6.61. The van der Waals surface area contributed by atoms with Crippen molar-refractivity contribution in [1.82, 2.24) is 4.90 Å². The molecule has 2 aromatic rings. The van der Waals surface area contributed by atoms with E-state index in [4.69, 9.17) is 4.42 Å². The zero-order valence-corrected chi connectivity index (χ0v) is 12.2. The van der Waals surface area contributed by atoms with Crippen LogP contribution in [0.5, 0.6) is 0 Å². The first-order valence-corrected chi connectivity index (χ1v) is 7.73. The van der Waals surface area contributed by atoms with Gasteiger partial charge >= 0.3 is 0 Å². The van der Waals surface area contributed by atoms with Crippen molar-refractivity contribution < 1.29 is 9.21 Å². The predicted octanol–water partition coefficient (Wildman–Crippen LogP) is 3.68. The monoisotopic (exact) mass is 321 g/mol. The molecule has 100 valence electrons. The second-order valence-corrected chi connectivity index (χ2v) is 5.68. The largest absolute Gasteiger partial charge is 0.463 e. The number of halogens is 1. The maximum Gasteiger partial charge on any atom is 0.257 e. The minimum absolute atomic E-state index is 0.0953. The van der Waals surface area contributed by atoms with E-state index < -0.39 is 0 Å². The van der Waals surface area contributed by atoms with Crippen molar-refractivity contribution in [3.05, 3.63) is 36.1 Å². The Bertz CT molecular complexity index is 585. The summed E-state index contributed by atoms with van der Waals surface area (Å²) in [6.07, 6.45) is 3.74. The molecule has 0 N–H and O–H groups in total. The third-order valence-electron chi connectivity index (χ3n) is 3.83. The molecule has 1 aromatic carbocycles. The summed E-state index contributed by atoms with van der Waals surface area (Å²) in [5.74, 6) is 0.795. The molecule has 1 aromatic heterocycles. The molecule has 2 heterocycles. The molecule has 0 unspecified atom stereocenters. The third-order valence-corrected chi connectivity index (χ3v) is 4.75. The Morgan fingerprint density at radius 3 is 2.79 bits per heavy atom. The molecule has 4 heteroatoms. The first kappa shape index (κ1) is 12.7. The predicted molar refractivity (Wildman–Crippen MR) is 78.6 cm³/mol. The Morgan fingerprint density at radius 2 is 2.05 bits per heavy atom. The first-order chi connectivity index (χ1) is 9.29. The van der Waals surface area contributed by atoms with Gasteiger partial charge in [0, 0.05) is 23.8 Å². The number of hydrogen-bond acceptors (Lipinski definition) is 2. The van der Waals surface area contributed by atoms with Crippen LogP contribution in [0.4, 0.5) is 0 Å². The number of benzene rings is 1. The number of carbonyl (C=O) groups is 1. The fourth-order valence-corrected chi connectivity index (χ4v) is 3.25. The molecular formula is C15H16BrNO2. The highest BCUT2D eigenvalue weighted by Gasteiger charge is 2.25. The molecule has 1 amide bonds. The lowest BCUT2D eigenvalue weighted by Crippen LogP contribution is -2.38. The Hall–Kier alpha value is -1.29. The van der Waals surface area contributed by atoms with E-state index >= 15 is 0 Å². The number of hydrogen-bond donors (Lipinski definition) is 0. The van der Waals surface area contributed by atoms with Crippen molar-refractivity contribution in [3.8, 4) is 0 Å². The fourth-order valence-electron chi connectivity index (χ4n) is 2.60. The molecule has 1 saturated heterocycles. The van der Waals surface area contributed by atoms with Crippen molar-refractivity contribution in [3.63, 3.8) is 0 Å². The number of piperidine rings is 1. The summed E-state index contributed by atoms with van der Waals surface area (Å²) in [5.41, 5.74) is 1.47. The second kappa shape index (κ2) is 5.37. The van der Waals surface area contributed by atoms with Gasteiger partial charge < -0.3 is 9.32 Å². The van der Waals surface area contributed by atoms with Gasteiger partial charge in [0.2, 0.25) is 0 Å². The van der Waals surface area contributed by atoms with Crippen LogP contribution in [0.3, 0.4) is 0 Å². The molecule has 0 spiro atoms. The Morgan fingerprint density at radius 1 is 1.32 bits per heavy atom. The zero-order valence-electron chi connectivity index (χ0n) is 10.6. The number of rotatable bonds is 2. The van der Waals surface area contributed by atoms with Gasteiger partial charge in [-0.1, -0.05) is 34.1 Å². The number of fused-ring (bicyclic) bond motifs is 1. The molecule has 3 rings (SSSR count). The summed E-state index contributed by atoms with van der Waals surface area (Å²) < 4.78 is 5.45. The van der Waals surface area contributed by atoms with Crippen LogP contribution >= 0.6 is 15.9 Å². The molecule has 0 bridgehead atoms. The van der Waals surface area contributed by atoms with Crippen molar-refractivity contribution in [1.29, 1.82) is 0 Å². The number of alkyl halides is 1. The Balaban J connectivity index is 1.81. The highest BCUT2D eigenvalue weighted by Crippen LogP contribution is 2.25. The molecule has 0 aliphatic carbocycles. The molecule has 1 aliphatic rings. The minimum Gasteiger partial charge on any atom is -0.463 e. The van der Waals surface area contributed by atoms with Gasteiger partial charge in [0.15, 0.2) is 0 Å². The van der Waals surface area contributed by atoms with Crippen molar-refractivity contribution in [2.45, 2.75) is 12.8 Å². The summed E-state index contributed by atoms with van der Waals surface area (Å²) in [7, 11) is 0. The van der Waals surface area contributed by atoms with Gasteiger partial charge in [-0.05, 0) is 24.8 Å². The van der Waals surface area contributed by atoms with Crippen LogP contribution in [-0.2, 0) is 0 Å². The van der Waals surface area contributed by atoms with Crippen molar-refractivity contribution >= 4 is 32.8 Å². The van der Waals surface area contributed by atoms with Crippen LogP contribution in [0, 0.1) is 5.92 Å². The molecular weight excluding hydrogens is 306 g/mol. The van der Waals surface area contributed by atoms with E-state index in [-0.39, 0.29) is 5.91 Å². The van der Waals surface area contributed by atoms with Gasteiger partial charge in [-0.25, -0.2) is 0 Å². The van der Waals surface area contributed by atoms with Gasteiger partial charge in [0.1, 0.15) is 11.8 Å². The molecule has 19 heavy (non-hydrogen) atoms. The zero-order chi connectivity index (χ0) is 13.2. The van der Waals surface area contributed by atoms with Crippen molar-refractivity contribution in [2.24, 2.45) is 5.92 Å². The lowest BCUT2D eigenvalue weighted by molar-refractivity contribution is 0.0700. The molecule has 1 fully saturated rings. The maximum atomic E-state index is 12.5. The van der Waals surface area contributed by atoms with E-state index in [1.54, 1.807) is 6.26 Å². The van der Waals surface area contributed by atoms with Gasteiger partial charge in [0.05, 0.1) is 5.56 Å². The van der Waals surface area contributed by atoms with E-state index in [2.05, 4.69) is 15.9 Å². The normalized spacial score (nSPS) is 17.0. The van der Waals surface area contributed by atoms with E-state index in [9.17, 15) is 4.79 Å². The third kappa shape index (κ3) is 2.41. The highest BCUT2D eigenvalue weighted by molar-refractivity contribution is 9.09. The molecule has 0 radical (unpaired) electrons. The minimum atomic E-state index is 0.0953. The molecule has 0 atom stereocenters. The van der Waals surface area contributed by atoms with Crippen LogP contribution in [-0.4, -0.2) is 29.2 Å². The van der Waals surface area contributed by atoms with E-state index in [1.807, 2.05) is 29.2 Å². The van der Waals surface area contributed by atoms with Gasteiger partial charge in [0.25, 0.3) is 5.91 Å². The lowest BCUT2D eigenvalue weighted by atomic mass is 9.98. The quantitative estimate of drug-likeness (QED) is 0.790. The average molecular weight is 322 g/mol. The Kier molecular flexibility index (Phi) is 3.60. The summed E-state index contributed by atoms with van der Waals surface area (Å²) in [5, 5.41) is 1.94. The SMILES string of the molecule is O=C(c1coc2ccccc12)N1CCC(CBr)CC1. The van der Waals surface area contributed by atoms with Crippen LogP contribution < -0.4 is 0 Å². The standard InChI is InChI=1S/C15H16BrNO2/c16-9-11-5-7-17(8-6-11)15(18)13-10-19-14-4-2-1-3-12(13)14/h1-4,10-11H,5-9H2. The van der Waals surface area contributed by atoms with Gasteiger partial charge in [-0.2, -0.15) is 0 Å². The number of carbonyl (C=O) groups excluding carboxylic acids is 1. The number of furan rings is 1. The van der Waals surface area contributed by atoms with Crippen LogP contribution in [0.1, 0.15) is 23.2 Å². The molecule has 0 saturated carbocycles. The van der Waals surface area contributed by atoms with E-state index in [0.717, 1.165) is 42.2 Å². The number of nitrogens with zero attached hydrogens (tertiary/aromatic N) is 1. The highest BCUT2D eigenvalue weighted by atomic mass is 79.9. The lowest BCUT2D eigenvalue weighted by Gasteiger charge is -2.31. The van der Waals surface area contributed by atoms with E-state index in [1.165, 1.54) is 0 Å². The average Bonchev–Trinajstić information content (AvgIpc) is 2.90. The van der Waals surface area contributed by atoms with Gasteiger partial charge in [-0.15, -0.1) is 0 Å². The summed E-state index contributed by atoms with van der Waals surface area (Å²) >= 11 is 3.52. The number of para-hydroxylation sites is 1. The summed E-state index contributed by atoms with van der Waals surface area (Å²) in [6, 6.07) is 7.69. The summed E-state index contributed by atoms with van der Waals surface area (Å²) in [6.45, 7) is 1.68. The smallest absolute Gasteiger partial charge is 0.257 e. The Labute approximate surface area is 120 Å². The number of likely N-dealkylation sites (tertiary alicyclic amines) is 1. The summed E-state index contributed by atoms with van der Waals surface area (Å²) in [4.78, 5) is 14.5. The topological polar surface area (TPSA) is 33.5 Å². The molecule has 3 nitrogen and oxygen atoms in total. The fraction of sp³-hybridized carbons (Fsp3) is 0.400. The second-order valence-electron chi connectivity index (χ2n) is 5.04. The molecule has 1 aliphatic heterocycles. The van der Waals surface area contributed by atoms with E-state index in [0.29, 0.717) is 11.5 Å². The van der Waals surface area contributed by atoms with Crippen LogP contribution in [0.2, 0.25) is 0 Å².